The molecule has 2 unspecified atom stereocenters. The molecule has 34 heavy (non-hydrogen) atoms. The van der Waals surface area contributed by atoms with Gasteiger partial charge in [-0.3, -0.25) is 4.99 Å². The Morgan fingerprint density at radius 3 is 2.44 bits per heavy atom. The summed E-state index contributed by atoms with van der Waals surface area (Å²) in [6, 6.07) is 22.0. The fraction of sp³-hybridized carbons (Fsp3) is 0.286. The molecule has 2 atom stereocenters. The van der Waals surface area contributed by atoms with Gasteiger partial charge in [-0.2, -0.15) is 0 Å². The van der Waals surface area contributed by atoms with Crippen molar-refractivity contribution in [2.75, 3.05) is 7.11 Å². The summed E-state index contributed by atoms with van der Waals surface area (Å²) in [5.74, 6) is 0.0723. The fourth-order valence-electron chi connectivity index (χ4n) is 4.18. The molecule has 3 aromatic rings. The van der Waals surface area contributed by atoms with Gasteiger partial charge in [0.25, 0.3) is 0 Å². The molecule has 0 amide bonds. The summed E-state index contributed by atoms with van der Waals surface area (Å²) in [6.45, 7) is 1.99. The third-order valence-corrected chi connectivity index (χ3v) is 6.62. The molecule has 4 nitrogen and oxygen atoms in total. The molecule has 0 saturated carbocycles. The van der Waals surface area contributed by atoms with Gasteiger partial charge in [-0.15, -0.1) is 0 Å². The Balaban J connectivity index is 1.48. The smallest absolute Gasteiger partial charge is 0.347 e. The first kappa shape index (κ1) is 24.3. The normalized spacial score (nSPS) is 16.1. The van der Waals surface area contributed by atoms with Gasteiger partial charge in [-0.25, -0.2) is 4.79 Å². The van der Waals surface area contributed by atoms with Crippen molar-refractivity contribution in [3.8, 4) is 16.9 Å². The third-order valence-electron chi connectivity index (χ3n) is 6.00. The summed E-state index contributed by atoms with van der Waals surface area (Å²) in [6.07, 6.45) is 2.58. The largest absolute Gasteiger partial charge is 0.477 e. The number of hydrogen-bond donors (Lipinski definition) is 0. The number of rotatable bonds is 8. The molecule has 1 aliphatic heterocycles. The lowest BCUT2D eigenvalue weighted by Crippen LogP contribution is -2.28. The minimum atomic E-state index is -0.666. The molecule has 0 spiro atoms. The molecule has 176 valence electrons. The molecule has 0 saturated heterocycles. The van der Waals surface area contributed by atoms with Gasteiger partial charge in [0, 0.05) is 16.3 Å². The summed E-state index contributed by atoms with van der Waals surface area (Å²) in [5.41, 5.74) is 5.28. The Kier molecular flexibility index (Phi) is 7.91. The van der Waals surface area contributed by atoms with Crippen molar-refractivity contribution in [3.05, 3.63) is 87.9 Å². The van der Waals surface area contributed by atoms with Crippen LogP contribution in [0.15, 0.2) is 71.7 Å². The monoisotopic (exact) mass is 495 g/mol. The van der Waals surface area contributed by atoms with Crippen LogP contribution in [0.2, 0.25) is 10.0 Å². The topological polar surface area (TPSA) is 47.9 Å². The molecule has 3 aromatic carbocycles. The van der Waals surface area contributed by atoms with Crippen molar-refractivity contribution in [2.45, 2.75) is 44.8 Å². The average molecular weight is 496 g/mol. The van der Waals surface area contributed by atoms with Gasteiger partial charge < -0.3 is 9.47 Å². The number of ether oxygens (including phenoxy) is 2. The average Bonchev–Trinajstić information content (AvgIpc) is 3.35. The van der Waals surface area contributed by atoms with E-state index in [-0.39, 0.29) is 6.04 Å². The second-order valence-corrected chi connectivity index (χ2v) is 9.11. The first-order valence-corrected chi connectivity index (χ1v) is 12.2. The van der Waals surface area contributed by atoms with Crippen LogP contribution in [-0.4, -0.2) is 24.9 Å². The maximum Gasteiger partial charge on any atom is 0.347 e. The molecule has 6 heteroatoms. The van der Waals surface area contributed by atoms with Gasteiger partial charge in [0.05, 0.1) is 18.2 Å². The molecule has 0 aliphatic carbocycles. The van der Waals surface area contributed by atoms with Crippen LogP contribution in [0.1, 0.15) is 49.8 Å². The lowest BCUT2D eigenvalue weighted by atomic mass is 9.99. The molecule has 0 radical (unpaired) electrons. The van der Waals surface area contributed by atoms with Crippen LogP contribution in [0.5, 0.6) is 5.75 Å². The zero-order chi connectivity index (χ0) is 24.1. The summed E-state index contributed by atoms with van der Waals surface area (Å²) < 4.78 is 10.7. The molecule has 1 aliphatic rings. The molecule has 0 aromatic heterocycles. The molecular weight excluding hydrogens is 469 g/mol. The van der Waals surface area contributed by atoms with E-state index in [4.69, 9.17) is 37.7 Å². The predicted molar refractivity (Wildman–Crippen MR) is 138 cm³/mol. The van der Waals surface area contributed by atoms with Crippen molar-refractivity contribution in [1.29, 1.82) is 0 Å². The summed E-state index contributed by atoms with van der Waals surface area (Å²) in [4.78, 5) is 16.9. The van der Waals surface area contributed by atoms with E-state index in [0.717, 1.165) is 46.7 Å². The van der Waals surface area contributed by atoms with E-state index in [1.807, 2.05) is 43.3 Å². The second-order valence-electron chi connectivity index (χ2n) is 8.30. The maximum absolute atomic E-state index is 12.0. The van der Waals surface area contributed by atoms with Crippen molar-refractivity contribution < 1.29 is 14.3 Å². The maximum atomic E-state index is 12.0. The first-order valence-electron chi connectivity index (χ1n) is 11.5. The van der Waals surface area contributed by atoms with Gasteiger partial charge in [0.15, 0.2) is 6.10 Å². The minimum Gasteiger partial charge on any atom is -0.477 e. The van der Waals surface area contributed by atoms with Crippen LogP contribution in [-0.2, 0) is 9.53 Å². The minimum absolute atomic E-state index is 0.133. The van der Waals surface area contributed by atoms with Gasteiger partial charge in [0.2, 0.25) is 0 Å². The fourth-order valence-corrected chi connectivity index (χ4v) is 4.65. The summed E-state index contributed by atoms with van der Waals surface area (Å²) >= 11 is 12.8. The Hall–Kier alpha value is -2.82. The van der Waals surface area contributed by atoms with E-state index in [0.29, 0.717) is 17.2 Å². The van der Waals surface area contributed by atoms with Crippen LogP contribution in [0, 0.1) is 0 Å². The number of benzene rings is 3. The highest BCUT2D eigenvalue weighted by molar-refractivity contribution is 6.34. The second kappa shape index (κ2) is 11.1. The van der Waals surface area contributed by atoms with Crippen molar-refractivity contribution in [3.63, 3.8) is 0 Å². The van der Waals surface area contributed by atoms with E-state index in [2.05, 4.69) is 24.3 Å². The van der Waals surface area contributed by atoms with Gasteiger partial charge >= 0.3 is 5.97 Å². The number of methoxy groups -OCH3 is 1. The highest BCUT2D eigenvalue weighted by Crippen LogP contribution is 2.35. The number of esters is 1. The highest BCUT2D eigenvalue weighted by atomic mass is 35.5. The van der Waals surface area contributed by atoms with E-state index in [9.17, 15) is 4.79 Å². The number of nitrogens with zero attached hydrogens (tertiary/aromatic N) is 1. The standard InChI is InChI=1S/C28H27Cl2NO3/c1-3-6-27(28(32)33-2)34-26-16-13-20(17-23(26)30)18-9-11-19(12-10-18)24-14-15-25(31-24)21-7-4-5-8-22(21)29/h4-5,7-13,16-17,24,27H,3,6,14-15H2,1-2H3. The number of hydrogen-bond acceptors (Lipinski definition) is 4. The number of halogens is 2. The molecule has 0 fully saturated rings. The van der Waals surface area contributed by atoms with Gasteiger partial charge in [-0.1, -0.05) is 85.1 Å². The van der Waals surface area contributed by atoms with Crippen molar-refractivity contribution >= 4 is 34.9 Å². The zero-order valence-electron chi connectivity index (χ0n) is 19.3. The van der Waals surface area contributed by atoms with E-state index >= 15 is 0 Å². The van der Waals surface area contributed by atoms with Crippen molar-refractivity contribution in [1.82, 2.24) is 0 Å². The lowest BCUT2D eigenvalue weighted by Gasteiger charge is -2.17. The highest BCUT2D eigenvalue weighted by Gasteiger charge is 2.23. The van der Waals surface area contributed by atoms with Crippen LogP contribution in [0.4, 0.5) is 0 Å². The van der Waals surface area contributed by atoms with Crippen molar-refractivity contribution in [2.24, 2.45) is 4.99 Å². The van der Waals surface area contributed by atoms with Crippen LogP contribution < -0.4 is 4.74 Å². The number of aliphatic imine (C=N–C) groups is 1. The third kappa shape index (κ3) is 5.45. The molecule has 0 bridgehead atoms. The van der Waals surface area contributed by atoms with Crippen LogP contribution >= 0.6 is 23.2 Å². The number of carbonyl (C=O) groups is 1. The van der Waals surface area contributed by atoms with E-state index in [1.165, 1.54) is 12.7 Å². The zero-order valence-corrected chi connectivity index (χ0v) is 20.8. The summed E-state index contributed by atoms with van der Waals surface area (Å²) in [5, 5.41) is 1.20. The van der Waals surface area contributed by atoms with Crippen LogP contribution in [0.25, 0.3) is 11.1 Å². The van der Waals surface area contributed by atoms with Gasteiger partial charge in [-0.05, 0) is 54.2 Å². The summed E-state index contributed by atoms with van der Waals surface area (Å²) in [7, 11) is 1.36. The Morgan fingerprint density at radius 1 is 1.03 bits per heavy atom. The number of carbonyl (C=O) groups excluding carboxylic acids is 1. The SMILES string of the molecule is CCCC(Oc1ccc(-c2ccc(C3CCC(c4ccccc4Cl)=N3)cc2)cc1Cl)C(=O)OC. The Labute approximate surface area is 210 Å². The van der Waals surface area contributed by atoms with E-state index in [1.54, 1.807) is 6.07 Å². The van der Waals surface area contributed by atoms with E-state index < -0.39 is 12.1 Å². The Bertz CT molecular complexity index is 1190. The lowest BCUT2D eigenvalue weighted by molar-refractivity contribution is -0.149. The van der Waals surface area contributed by atoms with Crippen LogP contribution in [0.3, 0.4) is 0 Å². The van der Waals surface area contributed by atoms with Gasteiger partial charge in [0.1, 0.15) is 5.75 Å². The Morgan fingerprint density at radius 2 is 1.76 bits per heavy atom. The molecule has 1 heterocycles. The predicted octanol–water partition coefficient (Wildman–Crippen LogP) is 7.71. The molecule has 0 N–H and O–H groups in total. The molecular formula is C28H27Cl2NO3. The quantitative estimate of drug-likeness (QED) is 0.300. The molecule has 4 rings (SSSR count). The first-order chi connectivity index (χ1) is 16.5.